The number of rotatable bonds is 6. The molecule has 0 saturated carbocycles. The lowest BCUT2D eigenvalue weighted by Gasteiger charge is -2.10. The Hall–Kier alpha value is -2.27. The zero-order valence-electron chi connectivity index (χ0n) is 11.7. The summed E-state index contributed by atoms with van der Waals surface area (Å²) in [6.45, 7) is 1.07. The van der Waals surface area contributed by atoms with E-state index in [9.17, 15) is 4.79 Å². The highest BCUT2D eigenvalue weighted by atomic mass is 16.5. The molecule has 2 aromatic rings. The van der Waals surface area contributed by atoms with Gasteiger partial charge in [-0.2, -0.15) is 0 Å². The van der Waals surface area contributed by atoms with E-state index in [-0.39, 0.29) is 12.5 Å². The normalized spacial score (nSPS) is 10.3. The predicted molar refractivity (Wildman–Crippen MR) is 78.8 cm³/mol. The second kappa shape index (κ2) is 6.77. The maximum Gasteiger partial charge on any atom is 0.244 e. The standard InChI is InChI=1S/C15H19N3O2/c1-16-9-12-7-8-18(10-12)11-15(19)17-13-5-3-4-6-14(13)20-2/h3-8,10,16H,9,11H2,1-2H3,(H,17,19). The van der Waals surface area contributed by atoms with Crippen LogP contribution in [0.3, 0.4) is 0 Å². The third kappa shape index (κ3) is 3.61. The number of amides is 1. The van der Waals surface area contributed by atoms with Gasteiger partial charge in [0.1, 0.15) is 12.3 Å². The van der Waals surface area contributed by atoms with Gasteiger partial charge in [-0.3, -0.25) is 4.79 Å². The molecule has 0 aliphatic carbocycles. The molecular weight excluding hydrogens is 254 g/mol. The van der Waals surface area contributed by atoms with E-state index < -0.39 is 0 Å². The average molecular weight is 273 g/mol. The number of nitrogens with one attached hydrogen (secondary N) is 2. The highest BCUT2D eigenvalue weighted by Gasteiger charge is 2.07. The lowest BCUT2D eigenvalue weighted by molar-refractivity contribution is -0.116. The fourth-order valence-electron chi connectivity index (χ4n) is 2.00. The Morgan fingerprint density at radius 3 is 2.85 bits per heavy atom. The molecular formula is C15H19N3O2. The maximum atomic E-state index is 12.0. The summed E-state index contributed by atoms with van der Waals surface area (Å²) in [5.41, 5.74) is 1.83. The monoisotopic (exact) mass is 273 g/mol. The Morgan fingerprint density at radius 2 is 2.10 bits per heavy atom. The van der Waals surface area contributed by atoms with Gasteiger partial charge in [0.2, 0.25) is 5.91 Å². The molecule has 1 amide bonds. The first-order valence-electron chi connectivity index (χ1n) is 6.45. The fraction of sp³-hybridized carbons (Fsp3) is 0.267. The quantitative estimate of drug-likeness (QED) is 0.844. The molecule has 5 heteroatoms. The van der Waals surface area contributed by atoms with Crippen LogP contribution in [-0.2, 0) is 17.9 Å². The van der Waals surface area contributed by atoms with Crippen molar-refractivity contribution >= 4 is 11.6 Å². The van der Waals surface area contributed by atoms with Crippen LogP contribution in [0.25, 0.3) is 0 Å². The minimum atomic E-state index is -0.0823. The van der Waals surface area contributed by atoms with Gasteiger partial charge in [-0.05, 0) is 30.8 Å². The van der Waals surface area contributed by atoms with Crippen LogP contribution in [0, 0.1) is 0 Å². The Balaban J connectivity index is 1.97. The molecule has 1 aromatic heterocycles. The molecule has 0 saturated heterocycles. The van der Waals surface area contributed by atoms with E-state index in [0.717, 1.165) is 12.1 Å². The molecule has 1 heterocycles. The van der Waals surface area contributed by atoms with Crippen LogP contribution in [0.15, 0.2) is 42.7 Å². The second-order valence-corrected chi connectivity index (χ2v) is 4.47. The Morgan fingerprint density at radius 1 is 1.30 bits per heavy atom. The number of methoxy groups -OCH3 is 1. The first kappa shape index (κ1) is 14.1. The summed E-state index contributed by atoms with van der Waals surface area (Å²) in [5, 5.41) is 5.93. The Bertz CT molecular complexity index is 578. The molecule has 0 fully saturated rings. The zero-order valence-corrected chi connectivity index (χ0v) is 11.7. The summed E-state index contributed by atoms with van der Waals surface area (Å²) in [7, 11) is 3.48. The summed E-state index contributed by atoms with van der Waals surface area (Å²) < 4.78 is 7.06. The topological polar surface area (TPSA) is 55.3 Å². The highest BCUT2D eigenvalue weighted by molar-refractivity contribution is 5.92. The first-order valence-corrected chi connectivity index (χ1v) is 6.45. The fourth-order valence-corrected chi connectivity index (χ4v) is 2.00. The minimum absolute atomic E-state index is 0.0823. The van der Waals surface area contributed by atoms with E-state index in [2.05, 4.69) is 10.6 Å². The number of carbonyl (C=O) groups is 1. The van der Waals surface area contributed by atoms with E-state index in [4.69, 9.17) is 4.74 Å². The van der Waals surface area contributed by atoms with Gasteiger partial charge in [0.25, 0.3) is 0 Å². The SMILES string of the molecule is CNCc1ccn(CC(=O)Nc2ccccc2OC)c1. The number of ether oxygens (including phenoxy) is 1. The molecule has 0 unspecified atom stereocenters. The van der Waals surface area contributed by atoms with Crippen LogP contribution < -0.4 is 15.4 Å². The summed E-state index contributed by atoms with van der Waals surface area (Å²) in [4.78, 5) is 12.0. The van der Waals surface area contributed by atoms with Gasteiger partial charge in [-0.15, -0.1) is 0 Å². The number of para-hydroxylation sites is 2. The van der Waals surface area contributed by atoms with Crippen molar-refractivity contribution in [3.05, 3.63) is 48.3 Å². The van der Waals surface area contributed by atoms with E-state index >= 15 is 0 Å². The van der Waals surface area contributed by atoms with Gasteiger partial charge in [0.15, 0.2) is 0 Å². The second-order valence-electron chi connectivity index (χ2n) is 4.47. The van der Waals surface area contributed by atoms with Crippen LogP contribution in [0.4, 0.5) is 5.69 Å². The van der Waals surface area contributed by atoms with Crippen LogP contribution in [0.5, 0.6) is 5.75 Å². The summed E-state index contributed by atoms with van der Waals surface area (Å²) >= 11 is 0. The predicted octanol–water partition coefficient (Wildman–Crippen LogP) is 1.85. The summed E-state index contributed by atoms with van der Waals surface area (Å²) in [6, 6.07) is 9.35. The number of hydrogen-bond donors (Lipinski definition) is 2. The van der Waals surface area contributed by atoms with Gasteiger partial charge >= 0.3 is 0 Å². The number of benzene rings is 1. The number of nitrogens with zero attached hydrogens (tertiary/aromatic N) is 1. The van der Waals surface area contributed by atoms with Gasteiger partial charge < -0.3 is 19.9 Å². The minimum Gasteiger partial charge on any atom is -0.495 e. The van der Waals surface area contributed by atoms with Crippen molar-refractivity contribution in [2.75, 3.05) is 19.5 Å². The van der Waals surface area contributed by atoms with Crippen molar-refractivity contribution in [3.8, 4) is 5.75 Å². The van der Waals surface area contributed by atoms with Crippen LogP contribution in [0.2, 0.25) is 0 Å². The molecule has 0 spiro atoms. The van der Waals surface area contributed by atoms with E-state index in [0.29, 0.717) is 11.4 Å². The summed E-state index contributed by atoms with van der Waals surface area (Å²) in [6.07, 6.45) is 3.85. The number of hydrogen-bond acceptors (Lipinski definition) is 3. The molecule has 5 nitrogen and oxygen atoms in total. The lowest BCUT2D eigenvalue weighted by Crippen LogP contribution is -2.18. The average Bonchev–Trinajstić information content (AvgIpc) is 2.87. The van der Waals surface area contributed by atoms with Crippen molar-refractivity contribution in [1.29, 1.82) is 0 Å². The van der Waals surface area contributed by atoms with Crippen molar-refractivity contribution in [1.82, 2.24) is 9.88 Å². The van der Waals surface area contributed by atoms with Crippen LogP contribution >= 0.6 is 0 Å². The molecule has 106 valence electrons. The first-order chi connectivity index (χ1) is 9.72. The molecule has 0 aliphatic rings. The largest absolute Gasteiger partial charge is 0.495 e. The maximum absolute atomic E-state index is 12.0. The summed E-state index contributed by atoms with van der Waals surface area (Å²) in [5.74, 6) is 0.574. The molecule has 0 atom stereocenters. The molecule has 0 bridgehead atoms. The van der Waals surface area contributed by atoms with Gasteiger partial charge in [0, 0.05) is 18.9 Å². The van der Waals surface area contributed by atoms with Gasteiger partial charge in [-0.25, -0.2) is 0 Å². The lowest BCUT2D eigenvalue weighted by atomic mass is 10.3. The Labute approximate surface area is 118 Å². The molecule has 0 radical (unpaired) electrons. The van der Waals surface area contributed by atoms with Crippen molar-refractivity contribution in [2.24, 2.45) is 0 Å². The van der Waals surface area contributed by atoms with E-state index in [1.165, 1.54) is 0 Å². The van der Waals surface area contributed by atoms with Crippen molar-refractivity contribution in [3.63, 3.8) is 0 Å². The van der Waals surface area contributed by atoms with Gasteiger partial charge in [-0.1, -0.05) is 12.1 Å². The zero-order chi connectivity index (χ0) is 14.4. The molecule has 0 aliphatic heterocycles. The smallest absolute Gasteiger partial charge is 0.244 e. The van der Waals surface area contributed by atoms with E-state index in [1.807, 2.05) is 54.3 Å². The number of carbonyl (C=O) groups excluding carboxylic acids is 1. The molecule has 1 aromatic carbocycles. The number of anilines is 1. The van der Waals surface area contributed by atoms with Gasteiger partial charge in [0.05, 0.1) is 12.8 Å². The highest BCUT2D eigenvalue weighted by Crippen LogP contribution is 2.22. The van der Waals surface area contributed by atoms with Crippen molar-refractivity contribution in [2.45, 2.75) is 13.1 Å². The third-order valence-electron chi connectivity index (χ3n) is 2.90. The van der Waals surface area contributed by atoms with E-state index in [1.54, 1.807) is 7.11 Å². The molecule has 2 rings (SSSR count). The van der Waals surface area contributed by atoms with Crippen LogP contribution in [0.1, 0.15) is 5.56 Å². The Kier molecular flexibility index (Phi) is 4.79. The molecule has 2 N–H and O–H groups in total. The number of aromatic nitrogens is 1. The molecule has 20 heavy (non-hydrogen) atoms. The van der Waals surface area contributed by atoms with Crippen molar-refractivity contribution < 1.29 is 9.53 Å². The van der Waals surface area contributed by atoms with Crippen LogP contribution in [-0.4, -0.2) is 24.6 Å². The third-order valence-corrected chi connectivity index (χ3v) is 2.90.